The zero-order chi connectivity index (χ0) is 13.0. The first-order chi connectivity index (χ1) is 8.72. The molecule has 0 spiro atoms. The van der Waals surface area contributed by atoms with Gasteiger partial charge in [-0.05, 0) is 19.1 Å². The summed E-state index contributed by atoms with van der Waals surface area (Å²) in [6, 6.07) is 3.56. The van der Waals surface area contributed by atoms with Crippen molar-refractivity contribution in [3.63, 3.8) is 0 Å². The molecule has 0 saturated carbocycles. The quantitative estimate of drug-likeness (QED) is 0.834. The van der Waals surface area contributed by atoms with E-state index in [4.69, 9.17) is 5.73 Å². The Bertz CT molecular complexity index is 556. The van der Waals surface area contributed by atoms with Gasteiger partial charge in [0.25, 0.3) is 5.91 Å². The maximum Gasteiger partial charge on any atom is 0.256 e. The monoisotopic (exact) mass is 243 g/mol. The number of carbonyl (C=O) groups is 1. The molecule has 0 saturated heterocycles. The molecule has 3 N–H and O–H groups in total. The molecule has 2 aromatic heterocycles. The Morgan fingerprint density at radius 3 is 2.72 bits per heavy atom. The van der Waals surface area contributed by atoms with Gasteiger partial charge < -0.3 is 11.1 Å². The lowest BCUT2D eigenvalue weighted by molar-refractivity contribution is 0.0956. The fraction of sp³-hybridized carbons (Fsp3) is 0.167. The lowest BCUT2D eigenvalue weighted by Gasteiger charge is -2.06. The molecule has 1 amide bonds. The summed E-state index contributed by atoms with van der Waals surface area (Å²) < 4.78 is 0. The first-order valence-corrected chi connectivity index (χ1v) is 5.53. The molecule has 0 fully saturated rings. The van der Waals surface area contributed by atoms with Crippen molar-refractivity contribution in [2.45, 2.75) is 6.92 Å². The molecule has 2 aromatic rings. The summed E-state index contributed by atoms with van der Waals surface area (Å²) in [6.07, 6.45) is 4.72. The molecule has 0 aliphatic heterocycles. The number of pyridine rings is 1. The van der Waals surface area contributed by atoms with Gasteiger partial charge in [-0.1, -0.05) is 0 Å². The number of rotatable bonds is 3. The van der Waals surface area contributed by atoms with Gasteiger partial charge in [0.05, 0.1) is 5.56 Å². The van der Waals surface area contributed by atoms with E-state index in [1.54, 1.807) is 24.5 Å². The Hall–Kier alpha value is -2.50. The van der Waals surface area contributed by atoms with Crippen molar-refractivity contribution < 1.29 is 4.79 Å². The highest BCUT2D eigenvalue weighted by atomic mass is 16.1. The molecule has 0 aliphatic carbocycles. The van der Waals surface area contributed by atoms with Crippen molar-refractivity contribution >= 4 is 11.7 Å². The molecular formula is C12H13N5O. The summed E-state index contributed by atoms with van der Waals surface area (Å²) in [5, 5.41) is 2.65. The summed E-state index contributed by atoms with van der Waals surface area (Å²) in [6.45, 7) is 2.37. The van der Waals surface area contributed by atoms with Gasteiger partial charge in [-0.15, -0.1) is 0 Å². The fourth-order valence-corrected chi connectivity index (χ4v) is 1.47. The average molecular weight is 243 g/mol. The van der Waals surface area contributed by atoms with Crippen LogP contribution < -0.4 is 11.1 Å². The van der Waals surface area contributed by atoms with Gasteiger partial charge in [0.1, 0.15) is 5.82 Å². The van der Waals surface area contributed by atoms with E-state index in [2.05, 4.69) is 20.3 Å². The lowest BCUT2D eigenvalue weighted by Crippen LogP contribution is -2.24. The average Bonchev–Trinajstić information content (AvgIpc) is 2.40. The van der Waals surface area contributed by atoms with Crippen LogP contribution in [0.1, 0.15) is 17.3 Å². The fourth-order valence-electron chi connectivity index (χ4n) is 1.47. The van der Waals surface area contributed by atoms with Crippen molar-refractivity contribution in [3.05, 3.63) is 36.3 Å². The van der Waals surface area contributed by atoms with Crippen LogP contribution in [-0.2, 0) is 0 Å². The Kier molecular flexibility index (Phi) is 3.47. The summed E-state index contributed by atoms with van der Waals surface area (Å²) in [5.41, 5.74) is 6.85. The van der Waals surface area contributed by atoms with E-state index in [1.807, 2.05) is 6.92 Å². The number of hydrogen-bond acceptors (Lipinski definition) is 5. The van der Waals surface area contributed by atoms with Gasteiger partial charge in [0, 0.05) is 30.7 Å². The minimum absolute atomic E-state index is 0.169. The van der Waals surface area contributed by atoms with E-state index >= 15 is 0 Å². The molecule has 6 heteroatoms. The second kappa shape index (κ2) is 5.22. The molecule has 0 atom stereocenters. The minimum Gasteiger partial charge on any atom is -0.383 e. The van der Waals surface area contributed by atoms with Gasteiger partial charge in [-0.25, -0.2) is 9.97 Å². The van der Waals surface area contributed by atoms with E-state index in [0.29, 0.717) is 12.4 Å². The number of amides is 1. The maximum atomic E-state index is 11.6. The number of aromatic nitrogens is 3. The predicted octanol–water partition coefficient (Wildman–Crippen LogP) is 0.871. The number of hydrogen-bond donors (Lipinski definition) is 2. The summed E-state index contributed by atoms with van der Waals surface area (Å²) >= 11 is 0. The van der Waals surface area contributed by atoms with Crippen molar-refractivity contribution in [1.82, 2.24) is 20.3 Å². The first-order valence-electron chi connectivity index (χ1n) is 5.53. The van der Waals surface area contributed by atoms with E-state index < -0.39 is 0 Å². The van der Waals surface area contributed by atoms with Gasteiger partial charge in [-0.3, -0.25) is 9.78 Å². The molecule has 2 heterocycles. The van der Waals surface area contributed by atoms with Crippen LogP contribution in [0, 0.1) is 0 Å². The topological polar surface area (TPSA) is 93.8 Å². The number of nitrogens with two attached hydrogens (primary N) is 1. The van der Waals surface area contributed by atoms with Crippen LogP contribution >= 0.6 is 0 Å². The Morgan fingerprint density at radius 1 is 1.39 bits per heavy atom. The highest BCUT2D eigenvalue weighted by Crippen LogP contribution is 2.16. The highest BCUT2D eigenvalue weighted by molar-refractivity contribution is 5.98. The normalized spacial score (nSPS) is 10.1. The molecule has 0 aliphatic rings. The third-order valence-corrected chi connectivity index (χ3v) is 2.34. The number of nitrogen functional groups attached to an aromatic ring is 1. The smallest absolute Gasteiger partial charge is 0.256 e. The third-order valence-electron chi connectivity index (χ3n) is 2.34. The molecule has 0 aromatic carbocycles. The van der Waals surface area contributed by atoms with Crippen LogP contribution in [0.15, 0.2) is 30.7 Å². The van der Waals surface area contributed by atoms with Crippen molar-refractivity contribution in [2.24, 2.45) is 0 Å². The van der Waals surface area contributed by atoms with E-state index in [0.717, 1.165) is 5.56 Å². The summed E-state index contributed by atoms with van der Waals surface area (Å²) in [4.78, 5) is 23.8. The molecule has 6 nitrogen and oxygen atoms in total. The largest absolute Gasteiger partial charge is 0.383 e. The van der Waals surface area contributed by atoms with Crippen LogP contribution in [0.2, 0.25) is 0 Å². The Morgan fingerprint density at radius 2 is 2.11 bits per heavy atom. The van der Waals surface area contributed by atoms with Crippen LogP contribution in [-0.4, -0.2) is 27.4 Å². The van der Waals surface area contributed by atoms with E-state index in [1.165, 1.54) is 6.20 Å². The number of nitrogens with zero attached hydrogens (tertiary/aromatic N) is 3. The number of carbonyl (C=O) groups excluding carboxylic acids is 1. The highest BCUT2D eigenvalue weighted by Gasteiger charge is 2.12. The van der Waals surface area contributed by atoms with E-state index in [9.17, 15) is 4.79 Å². The lowest BCUT2D eigenvalue weighted by atomic mass is 10.2. The van der Waals surface area contributed by atoms with Crippen molar-refractivity contribution in [3.8, 4) is 11.4 Å². The van der Waals surface area contributed by atoms with Crippen molar-refractivity contribution in [2.75, 3.05) is 12.3 Å². The molecule has 2 rings (SSSR count). The van der Waals surface area contributed by atoms with Gasteiger partial charge in [0.2, 0.25) is 0 Å². The molecule has 18 heavy (non-hydrogen) atoms. The molecule has 92 valence electrons. The number of nitrogens with one attached hydrogen (secondary N) is 1. The number of anilines is 1. The Labute approximate surface area is 104 Å². The SMILES string of the molecule is CCNC(=O)c1cnc(-c2ccncc2)nc1N. The standard InChI is InChI=1S/C12H13N5O/c1-2-15-12(18)9-7-16-11(17-10(9)13)8-3-5-14-6-4-8/h3-7H,2H2,1H3,(H,15,18)(H2,13,16,17). The predicted molar refractivity (Wildman–Crippen MR) is 67.7 cm³/mol. The van der Waals surface area contributed by atoms with Gasteiger partial charge in [-0.2, -0.15) is 0 Å². The third kappa shape index (κ3) is 2.42. The van der Waals surface area contributed by atoms with Crippen LogP contribution in [0.4, 0.5) is 5.82 Å². The maximum absolute atomic E-state index is 11.6. The zero-order valence-electron chi connectivity index (χ0n) is 9.92. The summed E-state index contributed by atoms with van der Waals surface area (Å²) in [5.74, 6) is 0.377. The Balaban J connectivity index is 2.34. The van der Waals surface area contributed by atoms with Crippen LogP contribution in [0.5, 0.6) is 0 Å². The van der Waals surface area contributed by atoms with Crippen LogP contribution in [0.25, 0.3) is 11.4 Å². The van der Waals surface area contributed by atoms with E-state index in [-0.39, 0.29) is 17.3 Å². The summed E-state index contributed by atoms with van der Waals surface area (Å²) in [7, 11) is 0. The molecular weight excluding hydrogens is 230 g/mol. The van der Waals surface area contributed by atoms with Gasteiger partial charge in [0.15, 0.2) is 5.82 Å². The minimum atomic E-state index is -0.267. The second-order valence-corrected chi connectivity index (χ2v) is 3.59. The molecule has 0 bridgehead atoms. The second-order valence-electron chi connectivity index (χ2n) is 3.59. The molecule has 0 radical (unpaired) electrons. The first kappa shape index (κ1) is 12.0. The van der Waals surface area contributed by atoms with Crippen LogP contribution in [0.3, 0.4) is 0 Å². The zero-order valence-corrected chi connectivity index (χ0v) is 9.92. The molecule has 0 unspecified atom stereocenters. The van der Waals surface area contributed by atoms with Crippen molar-refractivity contribution in [1.29, 1.82) is 0 Å². The van der Waals surface area contributed by atoms with Gasteiger partial charge >= 0.3 is 0 Å².